The molecule has 1 aromatic heterocycles. The minimum atomic E-state index is -0.629. The van der Waals surface area contributed by atoms with Crippen LogP contribution in [0.2, 0.25) is 0 Å². The molecule has 5 nitrogen and oxygen atoms in total. The summed E-state index contributed by atoms with van der Waals surface area (Å²) in [5.74, 6) is -0.629. The third-order valence-electron chi connectivity index (χ3n) is 3.74. The summed E-state index contributed by atoms with van der Waals surface area (Å²) < 4.78 is 15.6. The van der Waals surface area contributed by atoms with Crippen LogP contribution >= 0.6 is 11.3 Å². The maximum atomic E-state index is 14.7. The molecule has 0 saturated carbocycles. The molecule has 3 rings (SSSR count). The molecule has 1 heterocycles. The molecule has 7 heteroatoms. The van der Waals surface area contributed by atoms with Crippen molar-refractivity contribution in [3.8, 4) is 17.2 Å². The Morgan fingerprint density at radius 3 is 2.75 bits per heavy atom. The molecule has 0 atom stereocenters. The van der Waals surface area contributed by atoms with Gasteiger partial charge in [-0.1, -0.05) is 12.1 Å². The second-order valence-corrected chi connectivity index (χ2v) is 6.05. The van der Waals surface area contributed by atoms with Crippen molar-refractivity contribution in [1.29, 1.82) is 5.26 Å². The van der Waals surface area contributed by atoms with E-state index in [0.29, 0.717) is 22.9 Å². The van der Waals surface area contributed by atoms with Gasteiger partial charge >= 0.3 is 0 Å². The number of nitrogens with one attached hydrogen (secondary N) is 2. The molecule has 24 heavy (non-hydrogen) atoms. The third kappa shape index (κ3) is 2.33. The number of nitrogens with zero attached hydrogens (tertiary/aromatic N) is 1. The van der Waals surface area contributed by atoms with Crippen LogP contribution in [0.3, 0.4) is 0 Å². The van der Waals surface area contributed by atoms with Crippen molar-refractivity contribution in [3.63, 3.8) is 0 Å². The van der Waals surface area contributed by atoms with Gasteiger partial charge in [0.15, 0.2) is 5.82 Å². The molecule has 0 spiro atoms. The highest BCUT2D eigenvalue weighted by Gasteiger charge is 2.19. The van der Waals surface area contributed by atoms with Gasteiger partial charge in [-0.25, -0.2) is 4.39 Å². The lowest BCUT2D eigenvalue weighted by Gasteiger charge is -2.11. The quantitative estimate of drug-likeness (QED) is 0.498. The fraction of sp³-hybridized carbons (Fsp3) is 0.0588. The Morgan fingerprint density at radius 1 is 1.29 bits per heavy atom. The molecule has 1 amide bonds. The van der Waals surface area contributed by atoms with Gasteiger partial charge in [0.05, 0.1) is 16.9 Å². The number of carbonyl (C=O) groups is 1. The number of rotatable bonds is 4. The van der Waals surface area contributed by atoms with Crippen LogP contribution < -0.4 is 16.4 Å². The number of fused-ring (bicyclic) bond motifs is 1. The summed E-state index contributed by atoms with van der Waals surface area (Å²) in [4.78, 5) is 10.6. The van der Waals surface area contributed by atoms with Gasteiger partial charge in [-0.15, -0.1) is 11.3 Å². The van der Waals surface area contributed by atoms with E-state index < -0.39 is 5.82 Å². The van der Waals surface area contributed by atoms with Gasteiger partial charge < -0.3 is 16.4 Å². The maximum absolute atomic E-state index is 14.7. The number of hydrogen-bond donors (Lipinski definition) is 3. The zero-order valence-electron chi connectivity index (χ0n) is 12.7. The number of anilines is 3. The van der Waals surface area contributed by atoms with Crippen LogP contribution in [-0.4, -0.2) is 13.5 Å². The largest absolute Gasteiger partial charge is 0.395 e. The van der Waals surface area contributed by atoms with Crippen molar-refractivity contribution < 1.29 is 9.18 Å². The van der Waals surface area contributed by atoms with E-state index in [9.17, 15) is 14.4 Å². The van der Waals surface area contributed by atoms with Crippen molar-refractivity contribution in [1.82, 2.24) is 0 Å². The Bertz CT molecular complexity index is 990. The zero-order chi connectivity index (χ0) is 17.3. The van der Waals surface area contributed by atoms with Crippen LogP contribution in [0.5, 0.6) is 0 Å². The lowest BCUT2D eigenvalue weighted by molar-refractivity contribution is -0.105. The summed E-state index contributed by atoms with van der Waals surface area (Å²) in [6, 6.07) is 10.7. The minimum Gasteiger partial charge on any atom is -0.395 e. The van der Waals surface area contributed by atoms with Gasteiger partial charge in [0.2, 0.25) is 6.41 Å². The first-order valence-electron chi connectivity index (χ1n) is 7.04. The lowest BCUT2D eigenvalue weighted by atomic mass is 9.98. The monoisotopic (exact) mass is 340 g/mol. The fourth-order valence-electron chi connectivity index (χ4n) is 2.65. The minimum absolute atomic E-state index is 0.140. The Hall–Kier alpha value is -3.11. The third-order valence-corrected chi connectivity index (χ3v) is 4.91. The van der Waals surface area contributed by atoms with Crippen LogP contribution in [0, 0.1) is 17.1 Å². The van der Waals surface area contributed by atoms with Gasteiger partial charge in [-0.2, -0.15) is 5.26 Å². The van der Waals surface area contributed by atoms with E-state index in [1.54, 1.807) is 25.2 Å². The van der Waals surface area contributed by atoms with Gasteiger partial charge in [0.25, 0.3) is 0 Å². The van der Waals surface area contributed by atoms with Gasteiger partial charge in [-0.3, -0.25) is 4.79 Å². The molecule has 120 valence electrons. The van der Waals surface area contributed by atoms with Crippen LogP contribution in [0.4, 0.5) is 20.8 Å². The molecule has 0 aliphatic heterocycles. The smallest absolute Gasteiger partial charge is 0.211 e. The summed E-state index contributed by atoms with van der Waals surface area (Å²) in [7, 11) is 1.74. The molecular weight excluding hydrogens is 327 g/mol. The molecule has 2 aromatic carbocycles. The molecule has 0 unspecified atom stereocenters. The SMILES string of the molecule is CNc1sc2cccc(-c3ccc(NC=O)c(N)c3F)c2c1C#N. The zero-order valence-corrected chi connectivity index (χ0v) is 13.5. The molecule has 0 radical (unpaired) electrons. The standard InChI is InChI=1S/C17H13FN4OS/c1-21-17-11(7-19)14-9(3-2-4-13(14)24-17)10-5-6-12(22-8-23)16(20)15(10)18/h2-6,8,21H,20H2,1H3,(H,22,23). The topological polar surface area (TPSA) is 90.9 Å². The van der Waals surface area contributed by atoms with Crippen LogP contribution in [0.1, 0.15) is 5.56 Å². The summed E-state index contributed by atoms with van der Waals surface area (Å²) in [5, 5.41) is 16.3. The van der Waals surface area contributed by atoms with E-state index in [4.69, 9.17) is 5.73 Å². The van der Waals surface area contributed by atoms with E-state index in [-0.39, 0.29) is 16.9 Å². The Kier molecular flexibility index (Phi) is 4.06. The number of hydrogen-bond acceptors (Lipinski definition) is 5. The Balaban J connectivity index is 2.31. The second kappa shape index (κ2) is 6.18. The lowest BCUT2D eigenvalue weighted by Crippen LogP contribution is -2.02. The first-order valence-corrected chi connectivity index (χ1v) is 7.86. The predicted molar refractivity (Wildman–Crippen MR) is 95.6 cm³/mol. The molecular formula is C17H13FN4OS. The van der Waals surface area contributed by atoms with E-state index in [2.05, 4.69) is 16.7 Å². The van der Waals surface area contributed by atoms with Crippen LogP contribution in [0.15, 0.2) is 30.3 Å². The van der Waals surface area contributed by atoms with E-state index in [1.807, 2.05) is 12.1 Å². The number of thiophene rings is 1. The van der Waals surface area contributed by atoms with Crippen molar-refractivity contribution in [2.75, 3.05) is 23.4 Å². The molecule has 4 N–H and O–H groups in total. The molecule has 0 fully saturated rings. The van der Waals surface area contributed by atoms with Crippen LogP contribution in [0.25, 0.3) is 21.2 Å². The average Bonchev–Trinajstić information content (AvgIpc) is 2.97. The number of nitriles is 1. The predicted octanol–water partition coefficient (Wildman–Crippen LogP) is 3.77. The second-order valence-electron chi connectivity index (χ2n) is 5.00. The summed E-state index contributed by atoms with van der Waals surface area (Å²) >= 11 is 1.43. The number of nitrogen functional groups attached to an aromatic ring is 1. The molecule has 3 aromatic rings. The highest BCUT2D eigenvalue weighted by molar-refractivity contribution is 7.23. The van der Waals surface area contributed by atoms with Gasteiger partial charge in [-0.05, 0) is 23.8 Å². The number of carbonyl (C=O) groups excluding carboxylic acids is 1. The number of nitrogens with two attached hydrogens (primary N) is 1. The van der Waals surface area contributed by atoms with Crippen molar-refractivity contribution in [2.45, 2.75) is 0 Å². The fourth-order valence-corrected chi connectivity index (χ4v) is 3.68. The first-order chi connectivity index (χ1) is 11.6. The Labute approximate surface area is 141 Å². The first kappa shape index (κ1) is 15.8. The van der Waals surface area contributed by atoms with Crippen molar-refractivity contribution in [3.05, 3.63) is 41.7 Å². The molecule has 0 aliphatic carbocycles. The normalized spacial score (nSPS) is 10.4. The van der Waals surface area contributed by atoms with Gasteiger partial charge in [0, 0.05) is 22.7 Å². The Morgan fingerprint density at radius 2 is 2.08 bits per heavy atom. The summed E-state index contributed by atoms with van der Waals surface area (Å²) in [6.45, 7) is 0. The highest BCUT2D eigenvalue weighted by Crippen LogP contribution is 2.42. The van der Waals surface area contributed by atoms with E-state index in [1.165, 1.54) is 11.3 Å². The number of amides is 1. The van der Waals surface area contributed by atoms with Gasteiger partial charge in [0.1, 0.15) is 11.1 Å². The van der Waals surface area contributed by atoms with E-state index in [0.717, 1.165) is 9.70 Å². The molecule has 0 aliphatic rings. The number of halogens is 1. The van der Waals surface area contributed by atoms with Crippen molar-refractivity contribution in [2.24, 2.45) is 0 Å². The molecule has 0 saturated heterocycles. The average molecular weight is 340 g/mol. The summed E-state index contributed by atoms with van der Waals surface area (Å²) in [6.07, 6.45) is 0.442. The number of benzene rings is 2. The maximum Gasteiger partial charge on any atom is 0.211 e. The van der Waals surface area contributed by atoms with Crippen molar-refractivity contribution >= 4 is 44.2 Å². The van der Waals surface area contributed by atoms with E-state index >= 15 is 0 Å². The summed E-state index contributed by atoms with van der Waals surface area (Å²) in [5.41, 5.74) is 7.19. The highest BCUT2D eigenvalue weighted by atomic mass is 32.1. The van der Waals surface area contributed by atoms with Crippen LogP contribution in [-0.2, 0) is 4.79 Å². The molecule has 0 bridgehead atoms.